The van der Waals surface area contributed by atoms with Crippen LogP contribution >= 0.6 is 0 Å². The molecule has 0 unspecified atom stereocenters. The maximum atomic E-state index is 12.3. The number of carbonyl (C=O) groups excluding carboxylic acids is 1. The van der Waals surface area contributed by atoms with Gasteiger partial charge in [0.05, 0.1) is 27.6 Å². The van der Waals surface area contributed by atoms with Crippen molar-refractivity contribution in [2.75, 3.05) is 5.01 Å². The van der Waals surface area contributed by atoms with Crippen molar-refractivity contribution in [1.29, 1.82) is 0 Å². The molecule has 0 fully saturated rings. The third-order valence-corrected chi connectivity index (χ3v) is 5.87. The maximum absolute atomic E-state index is 12.3. The van der Waals surface area contributed by atoms with Gasteiger partial charge in [-0.15, -0.1) is 0 Å². The first-order valence-corrected chi connectivity index (χ1v) is 10.1. The van der Waals surface area contributed by atoms with Crippen LogP contribution in [0.15, 0.2) is 33.1 Å². The van der Waals surface area contributed by atoms with Crippen molar-refractivity contribution >= 4 is 37.5 Å². The van der Waals surface area contributed by atoms with Gasteiger partial charge in [0.1, 0.15) is 20.2 Å². The zero-order valence-corrected chi connectivity index (χ0v) is 21.3. The fourth-order valence-corrected chi connectivity index (χ4v) is 3.35. The first-order valence-electron chi connectivity index (χ1n) is 7.24. The molecule has 0 atom stereocenters. The van der Waals surface area contributed by atoms with Gasteiger partial charge in [0, 0.05) is 5.41 Å². The Labute approximate surface area is 202 Å². The monoisotopic (exact) mass is 434 g/mol. The van der Waals surface area contributed by atoms with Crippen molar-refractivity contribution in [3.8, 4) is 0 Å². The third kappa shape index (κ3) is 6.08. The number of rotatable bonds is 5. The van der Waals surface area contributed by atoms with E-state index in [0.717, 1.165) is 0 Å². The van der Waals surface area contributed by atoms with Gasteiger partial charge in [-0.25, -0.2) is 16.8 Å². The Balaban J connectivity index is 0.00000338. The summed E-state index contributed by atoms with van der Waals surface area (Å²) in [5, 5.41) is 4.75. The van der Waals surface area contributed by atoms with E-state index in [1.165, 1.54) is 0 Å². The summed E-state index contributed by atoms with van der Waals surface area (Å²) in [7, 11) is -9.94. The molecule has 1 aliphatic heterocycles. The molecule has 27 heavy (non-hydrogen) atoms. The molecule has 0 bridgehead atoms. The summed E-state index contributed by atoms with van der Waals surface area (Å²) < 4.78 is 67.9. The van der Waals surface area contributed by atoms with Crippen LogP contribution in [0.4, 0.5) is 5.69 Å². The van der Waals surface area contributed by atoms with Gasteiger partial charge >= 0.3 is 59.1 Å². The van der Waals surface area contributed by atoms with Crippen LogP contribution in [0, 0.1) is 5.41 Å². The van der Waals surface area contributed by atoms with E-state index in [0.29, 0.717) is 35.3 Å². The van der Waals surface area contributed by atoms with Crippen LogP contribution in [0.25, 0.3) is 0 Å². The molecule has 13 heteroatoms. The Bertz CT molecular complexity index is 973. The third-order valence-electron chi connectivity index (χ3n) is 4.16. The number of benzene rings is 1. The molecule has 0 saturated heterocycles. The quantitative estimate of drug-likeness (QED) is 0.333. The van der Waals surface area contributed by atoms with E-state index in [-0.39, 0.29) is 65.5 Å². The Kier molecular flexibility index (Phi) is 9.39. The maximum Gasteiger partial charge on any atom is 1.00 e. The van der Waals surface area contributed by atoms with Crippen molar-refractivity contribution in [3.63, 3.8) is 0 Å². The SMILES string of the molecule is CCC(C)(C)C1=NN(c2cc(S(=O)(=O)[O-])ccc2S(=O)(=O)[O-])C(=O)C1.[Na+].[Na+]. The molecule has 0 N–H and O–H groups in total. The molecule has 1 aromatic carbocycles. The van der Waals surface area contributed by atoms with Crippen LogP contribution in [0.3, 0.4) is 0 Å². The molecule has 0 spiro atoms. The second-order valence-corrected chi connectivity index (χ2v) is 8.93. The average molecular weight is 434 g/mol. The van der Waals surface area contributed by atoms with Crippen molar-refractivity contribution in [1.82, 2.24) is 0 Å². The summed E-state index contributed by atoms with van der Waals surface area (Å²) in [6, 6.07) is 2.07. The standard InChI is InChI=1S/C14H18N2O7S2.2Na/c1-4-14(2,3)12-8-13(17)16(15-12)10-7-9(24(18,19)20)5-6-11(10)25(21,22)23;;/h5-7H,4,8H2,1-3H3,(H,18,19,20)(H,21,22,23);;/q;2*+1/p-2. The van der Waals surface area contributed by atoms with Crippen LogP contribution < -0.4 is 64.1 Å². The second-order valence-electron chi connectivity index (χ2n) is 6.20. The number of hydrogen-bond acceptors (Lipinski definition) is 8. The Morgan fingerprint density at radius 3 is 2.11 bits per heavy atom. The molecular formula is C14H16N2Na2O7S2. The van der Waals surface area contributed by atoms with Gasteiger partial charge < -0.3 is 9.11 Å². The van der Waals surface area contributed by atoms with E-state index in [2.05, 4.69) is 5.10 Å². The van der Waals surface area contributed by atoms with E-state index in [9.17, 15) is 30.7 Å². The van der Waals surface area contributed by atoms with Crippen LogP contribution in [-0.4, -0.2) is 37.6 Å². The van der Waals surface area contributed by atoms with E-state index in [1.54, 1.807) is 0 Å². The van der Waals surface area contributed by atoms with Crippen LogP contribution in [0.1, 0.15) is 33.6 Å². The average Bonchev–Trinajstić information content (AvgIpc) is 2.87. The molecule has 1 aliphatic rings. The van der Waals surface area contributed by atoms with Gasteiger partial charge in [-0.2, -0.15) is 10.1 Å². The molecule has 0 saturated carbocycles. The van der Waals surface area contributed by atoms with E-state index in [1.807, 2.05) is 20.8 Å². The van der Waals surface area contributed by atoms with Crippen LogP contribution in [0.5, 0.6) is 0 Å². The van der Waals surface area contributed by atoms with Gasteiger partial charge in [-0.3, -0.25) is 4.79 Å². The minimum atomic E-state index is -5.03. The van der Waals surface area contributed by atoms with Gasteiger partial charge in [0.15, 0.2) is 0 Å². The molecule has 0 aromatic heterocycles. The molecular weight excluding hydrogens is 418 g/mol. The van der Waals surface area contributed by atoms with E-state index < -0.39 is 47.0 Å². The first kappa shape index (κ1) is 27.2. The number of nitrogens with zero attached hydrogens (tertiary/aromatic N) is 2. The Hall–Kier alpha value is 0.180. The van der Waals surface area contributed by atoms with Gasteiger partial charge in [0.25, 0.3) is 5.91 Å². The predicted molar refractivity (Wildman–Crippen MR) is 86.0 cm³/mol. The summed E-state index contributed by atoms with van der Waals surface area (Å²) in [5.41, 5.74) is -0.535. The number of hydrazone groups is 1. The molecule has 2 rings (SSSR count). The Morgan fingerprint density at radius 2 is 1.67 bits per heavy atom. The number of carbonyl (C=O) groups is 1. The first-order chi connectivity index (χ1) is 11.3. The largest absolute Gasteiger partial charge is 1.00 e. The van der Waals surface area contributed by atoms with Gasteiger partial charge in [-0.05, 0) is 24.6 Å². The summed E-state index contributed by atoms with van der Waals surface area (Å²) in [6.07, 6.45) is 0.544. The minimum Gasteiger partial charge on any atom is -0.744 e. The summed E-state index contributed by atoms with van der Waals surface area (Å²) in [5.74, 6) is -0.623. The predicted octanol–water partition coefficient (Wildman–Crippen LogP) is -4.97. The number of anilines is 1. The van der Waals surface area contributed by atoms with E-state index >= 15 is 0 Å². The molecule has 1 aromatic rings. The topological polar surface area (TPSA) is 147 Å². The second kappa shape index (κ2) is 9.33. The van der Waals surface area contributed by atoms with Crippen molar-refractivity contribution in [2.24, 2.45) is 10.5 Å². The summed E-state index contributed by atoms with van der Waals surface area (Å²) in [6.45, 7) is 5.56. The van der Waals surface area contributed by atoms with Crippen LogP contribution in [0.2, 0.25) is 0 Å². The smallest absolute Gasteiger partial charge is 0.744 e. The molecule has 0 radical (unpaired) electrons. The minimum absolute atomic E-state index is 0. The number of hydrogen-bond donors (Lipinski definition) is 0. The molecule has 1 heterocycles. The van der Waals surface area contributed by atoms with Gasteiger partial charge in [0.2, 0.25) is 0 Å². The molecule has 0 aliphatic carbocycles. The summed E-state index contributed by atoms with van der Waals surface area (Å²) >= 11 is 0. The number of amides is 1. The normalized spacial score (nSPS) is 15.1. The Morgan fingerprint density at radius 1 is 1.11 bits per heavy atom. The van der Waals surface area contributed by atoms with Crippen molar-refractivity contribution < 1.29 is 89.9 Å². The molecule has 1 amide bonds. The van der Waals surface area contributed by atoms with Gasteiger partial charge in [-0.1, -0.05) is 20.8 Å². The fraction of sp³-hybridized carbons (Fsp3) is 0.429. The molecule has 138 valence electrons. The zero-order valence-electron chi connectivity index (χ0n) is 15.7. The zero-order chi connectivity index (χ0) is 19.2. The van der Waals surface area contributed by atoms with Crippen molar-refractivity contribution in [2.45, 2.75) is 43.4 Å². The fourth-order valence-electron chi connectivity index (χ4n) is 2.23. The van der Waals surface area contributed by atoms with Crippen molar-refractivity contribution in [3.05, 3.63) is 18.2 Å². The summed E-state index contributed by atoms with van der Waals surface area (Å²) in [4.78, 5) is 10.7. The van der Waals surface area contributed by atoms with Crippen LogP contribution in [-0.2, 0) is 25.0 Å². The van der Waals surface area contributed by atoms with E-state index in [4.69, 9.17) is 0 Å². The molecule has 9 nitrogen and oxygen atoms in total.